The van der Waals surface area contributed by atoms with Crippen LogP contribution in [0.2, 0.25) is 0 Å². The van der Waals surface area contributed by atoms with Crippen molar-refractivity contribution in [1.82, 2.24) is 0 Å². The molecule has 0 aromatic heterocycles. The first-order chi connectivity index (χ1) is 13.1. The molecule has 0 aliphatic rings. The first-order valence-electron chi connectivity index (χ1n) is 8.28. The highest BCUT2D eigenvalue weighted by molar-refractivity contribution is 5.87. The van der Waals surface area contributed by atoms with Crippen molar-refractivity contribution in [2.24, 2.45) is 0 Å². The summed E-state index contributed by atoms with van der Waals surface area (Å²) in [6, 6.07) is 8.89. The Morgan fingerprint density at radius 3 is 1.82 bits per heavy atom. The van der Waals surface area contributed by atoms with Crippen LogP contribution in [-0.2, 0) is 24.0 Å². The van der Waals surface area contributed by atoms with Gasteiger partial charge >= 0.3 is 11.9 Å². The van der Waals surface area contributed by atoms with Crippen molar-refractivity contribution in [1.29, 1.82) is 0 Å². The highest BCUT2D eigenvalue weighted by atomic mass is 17.2. The van der Waals surface area contributed by atoms with Crippen molar-refractivity contribution in [3.63, 3.8) is 0 Å². The average molecular weight is 391 g/mol. The first-order valence-corrected chi connectivity index (χ1v) is 8.28. The van der Waals surface area contributed by atoms with Crippen LogP contribution in [0.1, 0.15) is 34.1 Å². The molecule has 1 aromatic rings. The molecule has 7 heteroatoms. The van der Waals surface area contributed by atoms with E-state index in [2.05, 4.69) is 22.8 Å². The minimum absolute atomic E-state index is 0.0648. The van der Waals surface area contributed by atoms with Crippen LogP contribution in [0.4, 0.5) is 0 Å². The monoisotopic (exact) mass is 391 g/mol. The third kappa shape index (κ3) is 14.9. The molecule has 0 N–H and O–H groups in total. The zero-order valence-corrected chi connectivity index (χ0v) is 16.9. The lowest BCUT2D eigenvalue weighted by Crippen LogP contribution is -2.22. The fraction of sp³-hybridized carbons (Fsp3) is 0.286. The number of carboxylic acid groups (broad SMARTS) is 1. The van der Waals surface area contributed by atoms with Gasteiger partial charge in [0.05, 0.1) is 13.1 Å². The fourth-order valence-corrected chi connectivity index (χ4v) is 1.19. The second-order valence-corrected chi connectivity index (χ2v) is 5.40. The van der Waals surface area contributed by atoms with Gasteiger partial charge in [-0.05, 0) is 44.9 Å². The van der Waals surface area contributed by atoms with Gasteiger partial charge in [0.1, 0.15) is 0 Å². The van der Waals surface area contributed by atoms with Crippen LogP contribution in [0.5, 0.6) is 5.75 Å². The molecule has 0 aliphatic carbocycles. The molecular weight excluding hydrogens is 364 g/mol. The normalized spacial score (nSPS) is 9.39. The van der Waals surface area contributed by atoms with Gasteiger partial charge in [0.2, 0.25) is 0 Å². The Labute approximate surface area is 165 Å². The molecule has 0 unspecified atom stereocenters. The number of carbonyl (C=O) groups is 3. The summed E-state index contributed by atoms with van der Waals surface area (Å²) in [5, 5.41) is 9.49. The Morgan fingerprint density at radius 1 is 1.00 bits per heavy atom. The van der Waals surface area contributed by atoms with Crippen molar-refractivity contribution >= 4 is 17.9 Å². The molecule has 0 amide bonds. The third-order valence-corrected chi connectivity index (χ3v) is 2.67. The molecule has 1 rings (SSSR count). The highest BCUT2D eigenvalue weighted by Crippen LogP contribution is 2.09. The van der Waals surface area contributed by atoms with Gasteiger partial charge < -0.3 is 14.6 Å². The van der Waals surface area contributed by atoms with E-state index >= 15 is 0 Å². The number of rotatable bonds is 6. The summed E-state index contributed by atoms with van der Waals surface area (Å²) in [5.41, 5.74) is 1.05. The number of carbonyl (C=O) groups excluding carboxylic acids is 3. The smallest absolute Gasteiger partial charge is 0.381 e. The third-order valence-electron chi connectivity index (χ3n) is 2.67. The van der Waals surface area contributed by atoms with E-state index in [9.17, 15) is 19.5 Å². The molecule has 28 heavy (non-hydrogen) atoms. The molecule has 0 saturated carbocycles. The lowest BCUT2D eigenvalue weighted by atomic mass is 10.2. The second-order valence-electron chi connectivity index (χ2n) is 5.40. The average Bonchev–Trinajstić information content (AvgIpc) is 2.67. The van der Waals surface area contributed by atoms with Crippen LogP contribution in [0.25, 0.3) is 0 Å². The van der Waals surface area contributed by atoms with Crippen LogP contribution < -0.4 is 9.99 Å². The number of esters is 1. The van der Waals surface area contributed by atoms with E-state index in [1.54, 1.807) is 44.2 Å². The second kappa shape index (κ2) is 15.9. The number of ether oxygens (including phenoxy) is 1. The summed E-state index contributed by atoms with van der Waals surface area (Å²) in [6.45, 7) is 13.1. The number of para-hydroxylation sites is 1. The lowest BCUT2D eigenvalue weighted by molar-refractivity contribution is -0.299. The number of benzene rings is 1. The highest BCUT2D eigenvalue weighted by Gasteiger charge is 2.06. The van der Waals surface area contributed by atoms with Crippen molar-refractivity contribution in [3.05, 3.63) is 66.3 Å². The van der Waals surface area contributed by atoms with Crippen LogP contribution in [0, 0.1) is 0 Å². The fourth-order valence-electron chi connectivity index (χ4n) is 1.19. The number of allylic oxidation sites excluding steroid dienone is 1. The summed E-state index contributed by atoms with van der Waals surface area (Å²) in [5.74, 6) is -1.48. The van der Waals surface area contributed by atoms with E-state index in [1.807, 2.05) is 13.0 Å². The van der Waals surface area contributed by atoms with Crippen molar-refractivity contribution in [3.8, 4) is 5.75 Å². The number of hydrogen-bond donors (Lipinski definition) is 0. The number of carboxylic acids is 1. The van der Waals surface area contributed by atoms with Gasteiger partial charge in [-0.3, -0.25) is 4.89 Å². The van der Waals surface area contributed by atoms with Crippen LogP contribution >= 0.6 is 0 Å². The van der Waals surface area contributed by atoms with E-state index < -0.39 is 11.9 Å². The van der Waals surface area contributed by atoms with Crippen molar-refractivity contribution in [2.75, 3.05) is 7.11 Å². The molecule has 0 fully saturated rings. The molecular formula is C21H27O7-. The molecule has 0 heterocycles. The van der Waals surface area contributed by atoms with Crippen LogP contribution in [0.3, 0.4) is 0 Å². The summed E-state index contributed by atoms with van der Waals surface area (Å²) < 4.78 is 4.27. The largest absolute Gasteiger partial charge is 0.545 e. The zero-order valence-electron chi connectivity index (χ0n) is 16.9. The molecule has 154 valence electrons. The van der Waals surface area contributed by atoms with Crippen LogP contribution in [-0.4, -0.2) is 25.0 Å². The van der Waals surface area contributed by atoms with E-state index in [0.717, 1.165) is 6.42 Å². The van der Waals surface area contributed by atoms with Gasteiger partial charge in [-0.25, -0.2) is 14.5 Å². The molecule has 0 saturated heterocycles. The number of methoxy groups -OCH3 is 1. The van der Waals surface area contributed by atoms with E-state index in [1.165, 1.54) is 14.0 Å². The van der Waals surface area contributed by atoms with Gasteiger partial charge in [0.15, 0.2) is 5.75 Å². The van der Waals surface area contributed by atoms with Crippen molar-refractivity contribution < 1.29 is 34.0 Å². The zero-order chi connectivity index (χ0) is 22.1. The van der Waals surface area contributed by atoms with Crippen LogP contribution in [0.15, 0.2) is 66.3 Å². The molecule has 0 bridgehead atoms. The predicted octanol–water partition coefficient (Wildman–Crippen LogP) is 2.93. The summed E-state index contributed by atoms with van der Waals surface area (Å²) in [6.07, 6.45) is 2.59. The Bertz CT molecular complexity index is 676. The Balaban J connectivity index is 0. The molecule has 0 spiro atoms. The minimum Gasteiger partial charge on any atom is -0.545 e. The summed E-state index contributed by atoms with van der Waals surface area (Å²) in [4.78, 5) is 40.4. The SMILES string of the molecule is C=C(C)C(=O)OC.C=C(C)C(=O)[O-].CCC=C(C)C(=O)OOc1ccccc1. The standard InChI is InChI=1S/C12H14O3.C5H8O2.C4H6O2/c1-3-7-10(2)12(13)15-14-11-8-5-4-6-9-11;1-4(2)5(6)7-3;1-3(2)4(5)6/h4-9H,3H2,1-2H3;1H2,2-3H3;1H2,2H3,(H,5,6)/p-1. The molecule has 0 aliphatic heterocycles. The van der Waals surface area contributed by atoms with Crippen molar-refractivity contribution in [2.45, 2.75) is 34.1 Å². The summed E-state index contributed by atoms with van der Waals surface area (Å²) in [7, 11) is 1.33. The Morgan fingerprint density at radius 2 is 1.50 bits per heavy atom. The number of hydrogen-bond acceptors (Lipinski definition) is 7. The van der Waals surface area contributed by atoms with Gasteiger partial charge in [0, 0.05) is 11.1 Å². The van der Waals surface area contributed by atoms with Gasteiger partial charge in [-0.1, -0.05) is 44.4 Å². The van der Waals surface area contributed by atoms with Gasteiger partial charge in [0.25, 0.3) is 0 Å². The maximum Gasteiger partial charge on any atom is 0.381 e. The lowest BCUT2D eigenvalue weighted by Gasteiger charge is -2.03. The molecule has 0 radical (unpaired) electrons. The van der Waals surface area contributed by atoms with E-state index in [-0.39, 0.29) is 11.5 Å². The topological polar surface area (TPSA) is 102 Å². The van der Waals surface area contributed by atoms with Gasteiger partial charge in [-0.15, -0.1) is 0 Å². The molecule has 1 aromatic carbocycles. The molecule has 7 nitrogen and oxygen atoms in total. The Hall–Kier alpha value is -3.35. The maximum atomic E-state index is 11.3. The first kappa shape index (κ1) is 26.9. The molecule has 0 atom stereocenters. The maximum absolute atomic E-state index is 11.3. The minimum atomic E-state index is -1.19. The Kier molecular flexibility index (Phi) is 15.2. The van der Waals surface area contributed by atoms with Gasteiger partial charge in [-0.2, -0.15) is 0 Å². The van der Waals surface area contributed by atoms with E-state index in [4.69, 9.17) is 4.89 Å². The predicted molar refractivity (Wildman–Crippen MR) is 104 cm³/mol. The van der Waals surface area contributed by atoms with E-state index in [0.29, 0.717) is 16.9 Å². The quantitative estimate of drug-likeness (QED) is 0.318. The number of aliphatic carboxylic acids is 1. The summed E-state index contributed by atoms with van der Waals surface area (Å²) >= 11 is 0.